The molecular formula is C74H61NOS. The highest BCUT2D eigenvalue weighted by Crippen LogP contribution is 2.67. The maximum Gasteiger partial charge on any atom is 0.132 e. The monoisotopic (exact) mass is 1010 g/mol. The van der Waals surface area contributed by atoms with E-state index in [-0.39, 0.29) is 11.3 Å². The molecule has 1 unspecified atom stereocenters. The van der Waals surface area contributed by atoms with E-state index in [1.807, 2.05) is 11.8 Å². The molecule has 5 aliphatic carbocycles. The highest BCUT2D eigenvalue weighted by atomic mass is 32.2. The quantitative estimate of drug-likeness (QED) is 0.165. The molecule has 9 aromatic carbocycles. The van der Waals surface area contributed by atoms with Gasteiger partial charge in [0.1, 0.15) is 11.5 Å². The molecule has 2 heterocycles. The molecule has 3 heteroatoms. The Labute approximate surface area is 458 Å². The topological polar surface area (TPSA) is 12.5 Å². The summed E-state index contributed by atoms with van der Waals surface area (Å²) in [5.74, 6) is 3.27. The predicted molar refractivity (Wildman–Crippen MR) is 318 cm³/mol. The van der Waals surface area contributed by atoms with E-state index in [9.17, 15) is 0 Å². The fourth-order valence-electron chi connectivity index (χ4n) is 15.9. The van der Waals surface area contributed by atoms with Crippen molar-refractivity contribution in [3.05, 3.63) is 274 Å². The first kappa shape index (κ1) is 45.6. The molecule has 16 rings (SSSR count). The van der Waals surface area contributed by atoms with E-state index in [0.29, 0.717) is 11.8 Å². The number of nitrogens with zero attached hydrogens (tertiary/aromatic N) is 1. The van der Waals surface area contributed by atoms with Crippen LogP contribution in [0.2, 0.25) is 0 Å². The van der Waals surface area contributed by atoms with Gasteiger partial charge in [-0.05, 0) is 165 Å². The van der Waals surface area contributed by atoms with E-state index >= 15 is 0 Å². The van der Waals surface area contributed by atoms with Crippen molar-refractivity contribution in [1.82, 2.24) is 0 Å². The van der Waals surface area contributed by atoms with E-state index < -0.39 is 5.41 Å². The normalized spacial score (nSPS) is 18.9. The van der Waals surface area contributed by atoms with Crippen molar-refractivity contribution < 1.29 is 4.74 Å². The largest absolute Gasteiger partial charge is 0.457 e. The van der Waals surface area contributed by atoms with Crippen molar-refractivity contribution >= 4 is 34.4 Å². The van der Waals surface area contributed by atoms with Crippen molar-refractivity contribution in [3.8, 4) is 33.8 Å². The SMILES string of the molecule is C1=CCC2C(=C1)c1ccc(N(c3ccc4c(c3)C3(c5ccccc5O4)c4cc(C5CCCCC5)ccc4-c4ccc(C5CCCCC5)cc43)c3ccccc3-c3ccccc3)cc1C21c2ccccc2Sc2ccccc21. The number of hydrogen-bond donors (Lipinski definition) is 0. The molecule has 0 radical (unpaired) electrons. The smallest absolute Gasteiger partial charge is 0.132 e. The number of anilines is 3. The second-order valence-electron chi connectivity index (χ2n) is 23.0. The molecule has 2 aliphatic heterocycles. The number of hydrogen-bond acceptors (Lipinski definition) is 3. The standard InChI is InChI=1S/C74H61NOS/c1-4-20-48(21-5-1)51-36-40-57-58-41-37-52(49-22-6-2-7-23-49)45-65(58)74(64(57)44-51)61-29-13-17-33-69(61)76-70-43-39-54(47-67(70)74)75(68-32-16-11-26-55(68)50-24-8-3-9-25-50)53-38-42-59-56-27-10-12-28-60(56)73(66(59)46-53)62-30-14-18-34-71(62)77-72-35-19-15-31-63(72)73/h3,8-19,24-27,29-49,60H,1-2,4-7,20-23,28H2. The molecule has 0 N–H and O–H groups in total. The van der Waals surface area contributed by atoms with Gasteiger partial charge in [0.25, 0.3) is 0 Å². The highest BCUT2D eigenvalue weighted by Gasteiger charge is 2.56. The highest BCUT2D eigenvalue weighted by molar-refractivity contribution is 7.99. The van der Waals surface area contributed by atoms with Crippen molar-refractivity contribution in [2.45, 2.75) is 103 Å². The van der Waals surface area contributed by atoms with Crippen LogP contribution < -0.4 is 9.64 Å². The zero-order valence-electron chi connectivity index (χ0n) is 43.6. The molecule has 2 saturated carbocycles. The first-order valence-electron chi connectivity index (χ1n) is 28.7. The Hall–Kier alpha value is -7.59. The third-order valence-electron chi connectivity index (χ3n) is 19.2. The summed E-state index contributed by atoms with van der Waals surface area (Å²) in [6, 6.07) is 77.6. The lowest BCUT2D eigenvalue weighted by molar-refractivity contribution is 0.433. The summed E-state index contributed by atoms with van der Waals surface area (Å²) < 4.78 is 7.25. The zero-order valence-corrected chi connectivity index (χ0v) is 44.4. The van der Waals surface area contributed by atoms with Gasteiger partial charge in [0.2, 0.25) is 0 Å². The average molecular weight is 1010 g/mol. The molecule has 2 spiro atoms. The summed E-state index contributed by atoms with van der Waals surface area (Å²) in [5.41, 5.74) is 22.7. The van der Waals surface area contributed by atoms with Gasteiger partial charge in [-0.1, -0.05) is 214 Å². The Kier molecular flexibility index (Phi) is 10.7. The van der Waals surface area contributed by atoms with E-state index in [1.165, 1.54) is 157 Å². The van der Waals surface area contributed by atoms with E-state index in [0.717, 1.165) is 35.0 Å². The molecule has 9 aromatic rings. The van der Waals surface area contributed by atoms with E-state index in [4.69, 9.17) is 4.74 Å². The number of allylic oxidation sites excluding steroid dienone is 4. The lowest BCUT2D eigenvalue weighted by atomic mass is 9.63. The predicted octanol–water partition coefficient (Wildman–Crippen LogP) is 20.2. The number of ether oxygens (including phenoxy) is 1. The van der Waals surface area contributed by atoms with Crippen molar-refractivity contribution in [3.63, 3.8) is 0 Å². The molecule has 77 heavy (non-hydrogen) atoms. The van der Waals surface area contributed by atoms with Gasteiger partial charge in [-0.2, -0.15) is 0 Å². The summed E-state index contributed by atoms with van der Waals surface area (Å²) in [7, 11) is 0. The molecule has 0 saturated heterocycles. The van der Waals surface area contributed by atoms with Crippen LogP contribution in [0.3, 0.4) is 0 Å². The van der Waals surface area contributed by atoms with E-state index in [1.54, 1.807) is 0 Å². The van der Waals surface area contributed by atoms with Crippen LogP contribution >= 0.6 is 11.8 Å². The van der Waals surface area contributed by atoms with Gasteiger partial charge in [-0.25, -0.2) is 0 Å². The fourth-order valence-corrected chi connectivity index (χ4v) is 17.1. The van der Waals surface area contributed by atoms with Gasteiger partial charge >= 0.3 is 0 Å². The number of benzene rings is 9. The van der Waals surface area contributed by atoms with Crippen LogP contribution in [0.25, 0.3) is 27.8 Å². The van der Waals surface area contributed by atoms with Gasteiger partial charge in [0.05, 0.1) is 16.5 Å². The van der Waals surface area contributed by atoms with Gasteiger partial charge < -0.3 is 9.64 Å². The maximum absolute atomic E-state index is 7.25. The number of rotatable bonds is 6. The molecular weight excluding hydrogens is 951 g/mol. The van der Waals surface area contributed by atoms with Gasteiger partial charge in [0.15, 0.2) is 0 Å². The average Bonchev–Trinajstić information content (AvgIpc) is 4.21. The molecule has 2 fully saturated rings. The summed E-state index contributed by atoms with van der Waals surface area (Å²) in [6.07, 6.45) is 21.0. The zero-order chi connectivity index (χ0) is 50.7. The Morgan fingerprint density at radius 1 is 0.429 bits per heavy atom. The second-order valence-corrected chi connectivity index (χ2v) is 24.1. The molecule has 1 atom stereocenters. The molecule has 7 aliphatic rings. The minimum absolute atomic E-state index is 0.256. The summed E-state index contributed by atoms with van der Waals surface area (Å²) in [4.78, 5) is 5.28. The second kappa shape index (κ2) is 18.0. The van der Waals surface area contributed by atoms with Crippen LogP contribution in [0.1, 0.15) is 138 Å². The van der Waals surface area contributed by atoms with Gasteiger partial charge in [0, 0.05) is 43.8 Å². The Morgan fingerprint density at radius 2 is 0.987 bits per heavy atom. The van der Waals surface area contributed by atoms with Gasteiger partial charge in [-0.15, -0.1) is 0 Å². The Balaban J connectivity index is 0.973. The molecule has 2 nitrogen and oxygen atoms in total. The minimum Gasteiger partial charge on any atom is -0.457 e. The summed E-state index contributed by atoms with van der Waals surface area (Å²) in [6.45, 7) is 0. The lowest BCUT2D eigenvalue weighted by Crippen LogP contribution is -2.37. The van der Waals surface area contributed by atoms with Crippen molar-refractivity contribution in [2.24, 2.45) is 5.92 Å². The van der Waals surface area contributed by atoms with Crippen molar-refractivity contribution in [1.29, 1.82) is 0 Å². The van der Waals surface area contributed by atoms with Gasteiger partial charge in [-0.3, -0.25) is 0 Å². The van der Waals surface area contributed by atoms with Crippen LogP contribution in [-0.4, -0.2) is 0 Å². The third kappa shape index (κ3) is 6.75. The summed E-state index contributed by atoms with van der Waals surface area (Å²) in [5, 5.41) is 0. The molecule has 374 valence electrons. The van der Waals surface area contributed by atoms with Crippen LogP contribution in [0, 0.1) is 5.92 Å². The molecule has 0 bridgehead atoms. The third-order valence-corrected chi connectivity index (χ3v) is 20.4. The van der Waals surface area contributed by atoms with Crippen LogP contribution in [0.5, 0.6) is 11.5 Å². The fraction of sp³-hybridized carbons (Fsp3) is 0.216. The first-order chi connectivity index (χ1) is 38.2. The number of para-hydroxylation sites is 2. The van der Waals surface area contributed by atoms with Crippen LogP contribution in [0.4, 0.5) is 17.1 Å². The van der Waals surface area contributed by atoms with Crippen LogP contribution in [-0.2, 0) is 10.8 Å². The molecule has 0 aromatic heterocycles. The Bertz CT molecular complexity index is 3790. The maximum atomic E-state index is 7.25. The lowest BCUT2D eigenvalue weighted by Gasteiger charge is -2.43. The minimum atomic E-state index is -0.616. The van der Waals surface area contributed by atoms with Crippen LogP contribution in [0.15, 0.2) is 228 Å². The van der Waals surface area contributed by atoms with Crippen molar-refractivity contribution in [2.75, 3.05) is 4.90 Å². The first-order valence-corrected chi connectivity index (χ1v) is 29.5. The number of fused-ring (bicyclic) bond motifs is 18. The van der Waals surface area contributed by atoms with E-state index in [2.05, 4.69) is 223 Å². The summed E-state index contributed by atoms with van der Waals surface area (Å²) >= 11 is 1.93. The molecule has 0 amide bonds. The Morgan fingerprint density at radius 3 is 1.68 bits per heavy atom.